The van der Waals surface area contributed by atoms with Crippen LogP contribution in [-0.4, -0.2) is 9.52 Å². The van der Waals surface area contributed by atoms with Gasteiger partial charge < -0.3 is 0 Å². The monoisotopic (exact) mass is 1110 g/mol. The summed E-state index contributed by atoms with van der Waals surface area (Å²) in [5.41, 5.74) is 24.7. The first-order valence-corrected chi connectivity index (χ1v) is 38.9. The van der Waals surface area contributed by atoms with Gasteiger partial charge in [0, 0.05) is 0 Å². The molecule has 10 aromatic rings. The van der Waals surface area contributed by atoms with Crippen LogP contribution < -0.4 is 13.6 Å². The van der Waals surface area contributed by atoms with Gasteiger partial charge in [0.15, 0.2) is 0 Å². The van der Waals surface area contributed by atoms with E-state index in [9.17, 15) is 17.0 Å². The van der Waals surface area contributed by atoms with Crippen molar-refractivity contribution in [2.75, 3.05) is 0 Å². The van der Waals surface area contributed by atoms with Gasteiger partial charge in [0.1, 0.15) is 0 Å². The third kappa shape index (κ3) is 7.85. The van der Waals surface area contributed by atoms with Gasteiger partial charge in [0.25, 0.3) is 0 Å². The molecule has 4 heteroatoms. The molecule has 0 saturated carbocycles. The van der Waals surface area contributed by atoms with Crippen molar-refractivity contribution in [3.8, 4) is 77.9 Å². The van der Waals surface area contributed by atoms with E-state index in [1.165, 1.54) is 125 Å². The Kier molecular flexibility index (Phi) is 12.5. The van der Waals surface area contributed by atoms with E-state index < -0.39 is 25.9 Å². The van der Waals surface area contributed by atoms with Gasteiger partial charge in [-0.3, -0.25) is 0 Å². The molecular weight excluding hydrogens is 1060 g/mol. The molecule has 0 aromatic heterocycles. The van der Waals surface area contributed by atoms with Crippen LogP contribution in [0.25, 0.3) is 90.0 Å². The number of hydrogen-bond acceptors (Lipinski definition) is 0. The van der Waals surface area contributed by atoms with Gasteiger partial charge in [-0.15, -0.1) is 0 Å². The van der Waals surface area contributed by atoms with E-state index >= 15 is 0 Å². The molecule has 0 amide bonds. The Balaban J connectivity index is 1.15. The SMILES string of the molecule is CC(C)C1=Cc2c(ccc(-c3ccccc3)c2-c2ccccc2-c2ccccc2)[CH]1[Zr]([Cl])([Cl])([c]1cccc2c1[SiH2]c1ccccc1-2)[CH]1C(C(C)C)=Cc2c1ccc(-c1ccccc1)c2-c1ccccc1-c1ccccc1. The molecule has 13 rings (SSSR count). The molecule has 0 bridgehead atoms. The van der Waals surface area contributed by atoms with Crippen LogP contribution in [0.5, 0.6) is 0 Å². The molecule has 0 spiro atoms. The fourth-order valence-electron chi connectivity index (χ4n) is 13.6. The standard InChI is InChI=1S/2C30H25.C12H9Si.2ClH.Zr/c2*1-21(2)25-19-24-17-18-27(23-13-7-4-8-14-23)30(29(24)20-25)28-16-10-9-15-26(28)22-11-5-3-6-12-22;1-3-7-11-9(5-1)10-6-2-4-8-12(10)13-11;;;/h2*3-21H,1-2H3;1-7H,13H2;2*1H;/q;;;;;+2/p-2. The van der Waals surface area contributed by atoms with Crippen molar-refractivity contribution >= 4 is 52.3 Å². The number of hydrogen-bond donors (Lipinski definition) is 0. The summed E-state index contributed by atoms with van der Waals surface area (Å²) in [6, 6.07) is 87.4. The molecule has 76 heavy (non-hydrogen) atoms. The van der Waals surface area contributed by atoms with Crippen LogP contribution in [0.15, 0.2) is 248 Å². The first kappa shape index (κ1) is 49.0. The van der Waals surface area contributed by atoms with E-state index in [4.69, 9.17) is 0 Å². The molecule has 2 aliphatic carbocycles. The van der Waals surface area contributed by atoms with Gasteiger partial charge >= 0.3 is 463 Å². The zero-order chi connectivity index (χ0) is 51.7. The summed E-state index contributed by atoms with van der Waals surface area (Å²) in [7, 11) is 18.6. The minimum atomic E-state index is -6.02. The summed E-state index contributed by atoms with van der Waals surface area (Å²) in [4.78, 5) is 0. The first-order chi connectivity index (χ1) is 37.1. The van der Waals surface area contributed by atoms with Crippen molar-refractivity contribution in [3.63, 3.8) is 0 Å². The molecule has 0 radical (unpaired) electrons. The number of rotatable bonds is 11. The first-order valence-electron chi connectivity index (χ1n) is 27.0. The molecule has 2 unspecified atom stereocenters. The molecule has 369 valence electrons. The number of benzene rings is 10. The summed E-state index contributed by atoms with van der Waals surface area (Å²) >= 11 is -6.02. The van der Waals surface area contributed by atoms with Crippen LogP contribution in [-0.2, 0) is 16.4 Å². The fourth-order valence-corrected chi connectivity index (χ4v) is 41.9. The van der Waals surface area contributed by atoms with Gasteiger partial charge in [-0.25, -0.2) is 0 Å². The summed E-state index contributed by atoms with van der Waals surface area (Å²) in [6.45, 7) is 9.49. The maximum absolute atomic E-state index is 9.77. The molecule has 0 N–H and O–H groups in total. The van der Waals surface area contributed by atoms with Crippen molar-refractivity contribution in [1.82, 2.24) is 0 Å². The Bertz CT molecular complexity index is 3740. The average Bonchev–Trinajstić information content (AvgIpc) is 4.28. The Labute approximate surface area is 459 Å². The Morgan fingerprint density at radius 1 is 0.342 bits per heavy atom. The molecule has 2 atom stereocenters. The van der Waals surface area contributed by atoms with Crippen molar-refractivity contribution in [3.05, 3.63) is 270 Å². The summed E-state index contributed by atoms with van der Waals surface area (Å²) in [5, 5.41) is 2.89. The predicted molar refractivity (Wildman–Crippen MR) is 328 cm³/mol. The molecule has 3 aliphatic rings. The number of fused-ring (bicyclic) bond motifs is 5. The van der Waals surface area contributed by atoms with Gasteiger partial charge in [0.2, 0.25) is 0 Å². The van der Waals surface area contributed by atoms with Crippen molar-refractivity contribution < 1.29 is 16.4 Å². The van der Waals surface area contributed by atoms with Crippen LogP contribution in [0.3, 0.4) is 0 Å². The van der Waals surface area contributed by atoms with Gasteiger partial charge in [-0.1, -0.05) is 0 Å². The predicted octanol–water partition coefficient (Wildman–Crippen LogP) is 18.0. The summed E-state index contributed by atoms with van der Waals surface area (Å²) in [5.74, 6) is 0.292. The minimum absolute atomic E-state index is 0.146. The maximum atomic E-state index is 9.77. The molecule has 1 heterocycles. The third-order valence-corrected chi connectivity index (χ3v) is 39.6. The van der Waals surface area contributed by atoms with E-state index in [1.807, 2.05) is 0 Å². The van der Waals surface area contributed by atoms with Crippen LogP contribution in [0.2, 0.25) is 0 Å². The molecule has 1 aliphatic heterocycles. The van der Waals surface area contributed by atoms with Crippen molar-refractivity contribution in [2.24, 2.45) is 11.8 Å². The Hall–Kier alpha value is -6.64. The third-order valence-electron chi connectivity index (χ3n) is 17.0. The van der Waals surface area contributed by atoms with Gasteiger partial charge in [-0.05, 0) is 0 Å². The molecule has 0 fully saturated rings. The summed E-state index contributed by atoms with van der Waals surface area (Å²) < 4.78 is 0.752. The fraction of sp³-hybridized carbons (Fsp3) is 0.111. The summed E-state index contributed by atoms with van der Waals surface area (Å²) in [6.07, 6.45) is 5.10. The molecule has 0 saturated heterocycles. The van der Waals surface area contributed by atoms with E-state index in [2.05, 4.69) is 276 Å². The van der Waals surface area contributed by atoms with E-state index in [0.29, 0.717) is 0 Å². The van der Waals surface area contributed by atoms with Crippen molar-refractivity contribution in [2.45, 2.75) is 34.9 Å². The number of halogens is 2. The average molecular weight is 1110 g/mol. The number of allylic oxidation sites excluding steroid dienone is 2. The normalized spacial score (nSPS) is 16.2. The Morgan fingerprint density at radius 2 is 0.697 bits per heavy atom. The zero-order valence-corrected chi connectivity index (χ0v) is 48.8. The molecule has 10 aromatic carbocycles. The van der Waals surface area contributed by atoms with E-state index in [-0.39, 0.29) is 19.1 Å². The van der Waals surface area contributed by atoms with Crippen molar-refractivity contribution in [1.29, 1.82) is 0 Å². The molecule has 0 nitrogen and oxygen atoms in total. The van der Waals surface area contributed by atoms with Gasteiger partial charge in [-0.2, -0.15) is 0 Å². The zero-order valence-electron chi connectivity index (χ0n) is 43.4. The van der Waals surface area contributed by atoms with Crippen LogP contribution >= 0.6 is 17.0 Å². The van der Waals surface area contributed by atoms with Crippen LogP contribution in [0, 0.1) is 11.8 Å². The van der Waals surface area contributed by atoms with Gasteiger partial charge in [0.05, 0.1) is 0 Å². The second-order valence-corrected chi connectivity index (χ2v) is 44.2. The topological polar surface area (TPSA) is 0 Å². The van der Waals surface area contributed by atoms with E-state index in [0.717, 1.165) is 0 Å². The van der Waals surface area contributed by atoms with E-state index in [1.54, 1.807) is 0 Å². The molecular formula is C72H59Cl2SiZr. The second-order valence-electron chi connectivity index (χ2n) is 21.8. The second kappa shape index (κ2) is 19.4. The quantitative estimate of drug-likeness (QED) is 0.113. The Morgan fingerprint density at radius 3 is 1.12 bits per heavy atom. The van der Waals surface area contributed by atoms with Crippen LogP contribution in [0.4, 0.5) is 0 Å². The van der Waals surface area contributed by atoms with Crippen LogP contribution in [0.1, 0.15) is 57.2 Å².